The molecule has 0 atom stereocenters. The lowest BCUT2D eigenvalue weighted by Crippen LogP contribution is -2.12. The Morgan fingerprint density at radius 1 is 0.542 bits per heavy atom. The van der Waals surface area contributed by atoms with Gasteiger partial charge in [0.2, 0.25) is 0 Å². The Morgan fingerprint density at radius 2 is 0.833 bits per heavy atom. The first-order valence-corrected chi connectivity index (χ1v) is 11.0. The fourth-order valence-corrected chi connectivity index (χ4v) is 2.98. The lowest BCUT2D eigenvalue weighted by atomic mass is 10.0. The van der Waals surface area contributed by atoms with E-state index in [9.17, 15) is 0 Å². The summed E-state index contributed by atoms with van der Waals surface area (Å²) in [5.41, 5.74) is 0. The van der Waals surface area contributed by atoms with Gasteiger partial charge in [-0.3, -0.25) is 0 Å². The van der Waals surface area contributed by atoms with Gasteiger partial charge in [-0.05, 0) is 27.1 Å². The molecule has 146 valence electrons. The zero-order valence-corrected chi connectivity index (χ0v) is 17.3. The van der Waals surface area contributed by atoms with Gasteiger partial charge in [0.15, 0.2) is 0 Å². The van der Waals surface area contributed by atoms with Gasteiger partial charge in [0.25, 0.3) is 0 Å². The molecule has 1 saturated heterocycles. The molecule has 0 spiro atoms. The van der Waals surface area contributed by atoms with E-state index in [1.165, 1.54) is 109 Å². The van der Waals surface area contributed by atoms with Crippen molar-refractivity contribution in [2.45, 2.75) is 110 Å². The number of rotatable bonds is 17. The van der Waals surface area contributed by atoms with Gasteiger partial charge in [0, 0.05) is 0 Å². The highest BCUT2D eigenvalue weighted by atomic mass is 16.6. The van der Waals surface area contributed by atoms with E-state index in [0.717, 1.165) is 13.2 Å². The van der Waals surface area contributed by atoms with Crippen molar-refractivity contribution in [2.75, 3.05) is 33.9 Å². The van der Waals surface area contributed by atoms with E-state index in [1.807, 2.05) is 0 Å². The molecule has 0 N–H and O–H groups in total. The lowest BCUT2D eigenvalue weighted by molar-refractivity contribution is 0.389. The van der Waals surface area contributed by atoms with Crippen molar-refractivity contribution < 1.29 is 4.74 Å². The van der Waals surface area contributed by atoms with Gasteiger partial charge in [-0.15, -0.1) is 0 Å². The largest absolute Gasteiger partial charge is 0.377 e. The summed E-state index contributed by atoms with van der Waals surface area (Å²) in [4.78, 5) is 2.30. The first kappa shape index (κ1) is 23.9. The van der Waals surface area contributed by atoms with Gasteiger partial charge in [-0.25, -0.2) is 0 Å². The van der Waals surface area contributed by atoms with Crippen molar-refractivity contribution in [2.24, 2.45) is 0 Å². The van der Waals surface area contributed by atoms with E-state index in [4.69, 9.17) is 0 Å². The maximum atomic E-state index is 4.50. The molecule has 0 radical (unpaired) electrons. The molecule has 2 nitrogen and oxygen atoms in total. The summed E-state index contributed by atoms with van der Waals surface area (Å²) in [7, 11) is 4.34. The zero-order valence-electron chi connectivity index (χ0n) is 17.3. The highest BCUT2D eigenvalue weighted by Gasteiger charge is 1.95. The van der Waals surface area contributed by atoms with Crippen LogP contribution in [0.2, 0.25) is 0 Å². The third kappa shape index (κ3) is 26.8. The molecule has 0 aromatic rings. The summed E-state index contributed by atoms with van der Waals surface area (Å²) in [5.74, 6) is 0. The van der Waals surface area contributed by atoms with Gasteiger partial charge in [-0.2, -0.15) is 0 Å². The highest BCUT2D eigenvalue weighted by Crippen LogP contribution is 2.13. The van der Waals surface area contributed by atoms with Crippen LogP contribution in [0.3, 0.4) is 0 Å². The molecule has 1 rings (SSSR count). The first-order chi connectivity index (χ1) is 11.8. The van der Waals surface area contributed by atoms with Crippen LogP contribution in [-0.2, 0) is 4.74 Å². The molecule has 0 amide bonds. The second-order valence-corrected chi connectivity index (χ2v) is 7.72. The molecule has 0 bridgehead atoms. The van der Waals surface area contributed by atoms with Crippen LogP contribution >= 0.6 is 0 Å². The minimum Gasteiger partial charge on any atom is -0.377 e. The zero-order chi connectivity index (χ0) is 17.7. The predicted molar refractivity (Wildman–Crippen MR) is 109 cm³/mol. The molecule has 0 aromatic heterocycles. The Morgan fingerprint density at radius 3 is 1.08 bits per heavy atom. The van der Waals surface area contributed by atoms with Crippen molar-refractivity contribution >= 4 is 0 Å². The second-order valence-electron chi connectivity index (χ2n) is 7.72. The molecule has 0 aliphatic carbocycles. The Kier molecular flexibility index (Phi) is 20.9. The molecular formula is C22H47NO. The standard InChI is InChI=1S/C20H43N.C2H4O/c1-4-5-6-7-8-9-10-11-12-13-14-15-16-17-18-19-20-21(2)3;1-2-3-1/h4-20H2,1-3H3;1-2H2. The fourth-order valence-electron chi connectivity index (χ4n) is 2.98. The average Bonchev–Trinajstić information content (AvgIpc) is 3.43. The first-order valence-electron chi connectivity index (χ1n) is 11.0. The summed E-state index contributed by atoms with van der Waals surface area (Å²) in [6.07, 6.45) is 23.3. The topological polar surface area (TPSA) is 15.8 Å². The highest BCUT2D eigenvalue weighted by molar-refractivity contribution is 4.50. The lowest BCUT2D eigenvalue weighted by Gasteiger charge is -2.08. The summed E-state index contributed by atoms with van der Waals surface area (Å²) in [6, 6.07) is 0. The van der Waals surface area contributed by atoms with Crippen molar-refractivity contribution in [3.8, 4) is 0 Å². The minimum atomic E-state index is 1.00. The Bertz CT molecular complexity index is 213. The Hall–Kier alpha value is -0.0800. The second kappa shape index (κ2) is 21.0. The van der Waals surface area contributed by atoms with Crippen molar-refractivity contribution in [1.29, 1.82) is 0 Å². The molecule has 1 aliphatic heterocycles. The van der Waals surface area contributed by atoms with Crippen LogP contribution in [0.4, 0.5) is 0 Å². The van der Waals surface area contributed by atoms with E-state index in [1.54, 1.807) is 0 Å². The van der Waals surface area contributed by atoms with Gasteiger partial charge in [0.05, 0.1) is 13.2 Å². The van der Waals surface area contributed by atoms with Crippen LogP contribution in [0.5, 0.6) is 0 Å². The maximum Gasteiger partial charge on any atom is 0.0701 e. The van der Waals surface area contributed by atoms with E-state index in [2.05, 4.69) is 30.7 Å². The van der Waals surface area contributed by atoms with Gasteiger partial charge in [-0.1, -0.05) is 103 Å². The van der Waals surface area contributed by atoms with E-state index in [-0.39, 0.29) is 0 Å². The van der Waals surface area contributed by atoms with Crippen LogP contribution in [-0.4, -0.2) is 38.8 Å². The molecule has 1 aliphatic rings. The maximum absolute atomic E-state index is 4.50. The number of nitrogens with zero attached hydrogens (tertiary/aromatic N) is 1. The monoisotopic (exact) mass is 341 g/mol. The molecule has 0 aromatic carbocycles. The van der Waals surface area contributed by atoms with Crippen LogP contribution in [0, 0.1) is 0 Å². The van der Waals surface area contributed by atoms with E-state index < -0.39 is 0 Å². The number of hydrogen-bond acceptors (Lipinski definition) is 2. The van der Waals surface area contributed by atoms with Crippen molar-refractivity contribution in [3.05, 3.63) is 0 Å². The predicted octanol–water partition coefficient (Wildman–Crippen LogP) is 6.83. The summed E-state index contributed by atoms with van der Waals surface area (Å²) >= 11 is 0. The van der Waals surface area contributed by atoms with Crippen molar-refractivity contribution in [3.63, 3.8) is 0 Å². The van der Waals surface area contributed by atoms with E-state index in [0.29, 0.717) is 0 Å². The van der Waals surface area contributed by atoms with Gasteiger partial charge in [0.1, 0.15) is 0 Å². The van der Waals surface area contributed by atoms with Crippen molar-refractivity contribution in [1.82, 2.24) is 4.90 Å². The fraction of sp³-hybridized carbons (Fsp3) is 1.00. The van der Waals surface area contributed by atoms with E-state index >= 15 is 0 Å². The molecular weight excluding hydrogens is 294 g/mol. The summed E-state index contributed by atoms with van der Waals surface area (Å²) in [6.45, 7) is 5.56. The van der Waals surface area contributed by atoms with Gasteiger partial charge < -0.3 is 9.64 Å². The van der Waals surface area contributed by atoms with Crippen LogP contribution < -0.4 is 0 Å². The van der Waals surface area contributed by atoms with Crippen LogP contribution in [0.1, 0.15) is 110 Å². The number of epoxide rings is 1. The third-order valence-electron chi connectivity index (χ3n) is 4.66. The van der Waals surface area contributed by atoms with Crippen LogP contribution in [0.25, 0.3) is 0 Å². The molecule has 0 saturated carbocycles. The molecule has 0 unspecified atom stereocenters. The van der Waals surface area contributed by atoms with Gasteiger partial charge >= 0.3 is 0 Å². The number of ether oxygens (including phenoxy) is 1. The number of unbranched alkanes of at least 4 members (excludes halogenated alkanes) is 15. The molecule has 2 heteroatoms. The quantitative estimate of drug-likeness (QED) is 0.213. The summed E-state index contributed by atoms with van der Waals surface area (Å²) < 4.78 is 4.50. The normalized spacial score (nSPS) is 13.0. The Labute approximate surface area is 153 Å². The molecule has 1 fully saturated rings. The third-order valence-corrected chi connectivity index (χ3v) is 4.66. The molecule has 1 heterocycles. The summed E-state index contributed by atoms with van der Waals surface area (Å²) in [5, 5.41) is 0. The van der Waals surface area contributed by atoms with Crippen LogP contribution in [0.15, 0.2) is 0 Å². The Balaban J connectivity index is 0.00000157. The molecule has 24 heavy (non-hydrogen) atoms. The smallest absolute Gasteiger partial charge is 0.0701 e. The number of hydrogen-bond donors (Lipinski definition) is 0. The average molecular weight is 342 g/mol. The SMILES string of the molecule is C1CO1.CCCCCCCCCCCCCCCCCCN(C)C. The minimum absolute atomic E-state index is 1.00.